The number of nitrogens with two attached hydrogens (primary N) is 2. The minimum absolute atomic E-state index is 0.0972. The predicted octanol–water partition coefficient (Wildman–Crippen LogP) is 5.78. The Kier molecular flexibility index (Phi) is 7.80. The van der Waals surface area contributed by atoms with Crippen molar-refractivity contribution in [2.24, 2.45) is 5.73 Å². The number of rotatable bonds is 9. The van der Waals surface area contributed by atoms with Gasteiger partial charge in [0.15, 0.2) is 5.75 Å². The maximum absolute atomic E-state index is 13.5. The lowest BCUT2D eigenvalue weighted by Gasteiger charge is -2.16. The quantitative estimate of drug-likeness (QED) is 0.0945. The summed E-state index contributed by atoms with van der Waals surface area (Å²) in [5.74, 6) is -0.188. The molecule has 5 rings (SSSR count). The molecule has 0 bridgehead atoms. The van der Waals surface area contributed by atoms with Gasteiger partial charge in [0.2, 0.25) is 0 Å². The third-order valence-corrected chi connectivity index (χ3v) is 6.44. The Morgan fingerprint density at radius 2 is 1.35 bits per heavy atom. The third-order valence-electron chi connectivity index (χ3n) is 6.44. The van der Waals surface area contributed by atoms with Gasteiger partial charge >= 0.3 is 5.97 Å². The van der Waals surface area contributed by atoms with E-state index in [-0.39, 0.29) is 17.0 Å². The van der Waals surface area contributed by atoms with E-state index in [0.29, 0.717) is 42.3 Å². The summed E-state index contributed by atoms with van der Waals surface area (Å²) in [6.07, 6.45) is 0.643. The average Bonchev–Trinajstić information content (AvgIpc) is 2.97. The van der Waals surface area contributed by atoms with Crippen LogP contribution in [0, 0.1) is 0 Å². The smallest absolute Gasteiger partial charge is 0.347 e. The molecule has 1 amide bonds. The van der Waals surface area contributed by atoms with Gasteiger partial charge in [-0.25, -0.2) is 4.79 Å². The van der Waals surface area contributed by atoms with Crippen LogP contribution in [0.15, 0.2) is 91.0 Å². The first-order valence-electron chi connectivity index (χ1n) is 12.8. The van der Waals surface area contributed by atoms with Crippen LogP contribution >= 0.6 is 0 Å². The van der Waals surface area contributed by atoms with Crippen molar-refractivity contribution in [2.75, 3.05) is 31.3 Å². The normalized spacial score (nSPS) is 10.8. The second-order valence-corrected chi connectivity index (χ2v) is 9.19. The van der Waals surface area contributed by atoms with Gasteiger partial charge in [0, 0.05) is 11.8 Å². The molecule has 0 atom stereocenters. The first kappa shape index (κ1) is 26.5. The summed E-state index contributed by atoms with van der Waals surface area (Å²) >= 11 is 0. The summed E-state index contributed by atoms with van der Waals surface area (Å²) in [5.41, 5.74) is 12.8. The van der Waals surface area contributed by atoms with E-state index in [4.69, 9.17) is 25.7 Å². The van der Waals surface area contributed by atoms with E-state index in [2.05, 4.69) is 5.32 Å². The van der Waals surface area contributed by atoms with Gasteiger partial charge in [0.25, 0.3) is 5.91 Å². The predicted molar refractivity (Wildman–Crippen MR) is 157 cm³/mol. The summed E-state index contributed by atoms with van der Waals surface area (Å²) < 4.78 is 17.1. The fourth-order valence-corrected chi connectivity index (χ4v) is 4.40. The van der Waals surface area contributed by atoms with Gasteiger partial charge in [-0.2, -0.15) is 0 Å². The number of carbonyl (C=O) groups is 2. The van der Waals surface area contributed by atoms with E-state index in [0.717, 1.165) is 21.5 Å². The van der Waals surface area contributed by atoms with Crippen LogP contribution in [-0.4, -0.2) is 32.1 Å². The third kappa shape index (κ3) is 5.67. The van der Waals surface area contributed by atoms with Gasteiger partial charge in [-0.05, 0) is 70.9 Å². The number of anilines is 2. The van der Waals surface area contributed by atoms with Gasteiger partial charge in [0.05, 0.1) is 25.0 Å². The standard InChI is InChI=1S/C32H29N3O5/c1-38-28-17-22-9-4-3-8-21(22)16-26(28)32(37)40-30-19-24(34)11-12-27(30)35-31(36)25-15-20-7-2-5-10-23(20)18-29(25)39-14-6-13-33/h2-5,7-12,15-19H,6,13-14,33-34H2,1H3,(H,35,36). The molecule has 5 aromatic carbocycles. The molecule has 202 valence electrons. The molecule has 0 fully saturated rings. The summed E-state index contributed by atoms with van der Waals surface area (Å²) in [6, 6.07) is 27.1. The number of nitrogens with one attached hydrogen (secondary N) is 1. The first-order chi connectivity index (χ1) is 19.5. The number of methoxy groups -OCH3 is 1. The van der Waals surface area contributed by atoms with E-state index in [1.807, 2.05) is 54.6 Å². The van der Waals surface area contributed by atoms with E-state index < -0.39 is 11.9 Å². The number of amides is 1. The fourth-order valence-electron chi connectivity index (χ4n) is 4.40. The summed E-state index contributed by atoms with van der Waals surface area (Å²) in [6.45, 7) is 0.838. The van der Waals surface area contributed by atoms with Crippen molar-refractivity contribution >= 4 is 44.8 Å². The second kappa shape index (κ2) is 11.8. The molecule has 5 aromatic rings. The zero-order chi connectivity index (χ0) is 28.1. The Balaban J connectivity index is 1.46. The molecular weight excluding hydrogens is 506 g/mol. The van der Waals surface area contributed by atoms with Crippen molar-refractivity contribution in [2.45, 2.75) is 6.42 Å². The van der Waals surface area contributed by atoms with Crippen LogP contribution in [-0.2, 0) is 0 Å². The number of ether oxygens (including phenoxy) is 3. The topological polar surface area (TPSA) is 126 Å². The van der Waals surface area contributed by atoms with E-state index in [9.17, 15) is 9.59 Å². The van der Waals surface area contributed by atoms with Gasteiger partial charge in [0.1, 0.15) is 17.1 Å². The molecule has 5 N–H and O–H groups in total. The molecule has 40 heavy (non-hydrogen) atoms. The highest BCUT2D eigenvalue weighted by Crippen LogP contribution is 2.33. The average molecular weight is 536 g/mol. The van der Waals surface area contributed by atoms with Crippen LogP contribution in [0.5, 0.6) is 17.2 Å². The van der Waals surface area contributed by atoms with Crippen molar-refractivity contribution in [3.05, 3.63) is 102 Å². The summed E-state index contributed by atoms with van der Waals surface area (Å²) in [7, 11) is 1.49. The lowest BCUT2D eigenvalue weighted by molar-refractivity contribution is 0.0731. The zero-order valence-electron chi connectivity index (χ0n) is 22.0. The molecule has 0 saturated carbocycles. The maximum Gasteiger partial charge on any atom is 0.347 e. The highest BCUT2D eigenvalue weighted by atomic mass is 16.5. The summed E-state index contributed by atoms with van der Waals surface area (Å²) in [5, 5.41) is 6.46. The van der Waals surface area contributed by atoms with E-state index in [1.54, 1.807) is 30.3 Å². The SMILES string of the molecule is COc1cc2ccccc2cc1C(=O)Oc1cc(N)ccc1NC(=O)c1cc2ccccc2cc1OCCCN. The Hall–Kier alpha value is -5.08. The van der Waals surface area contributed by atoms with Crippen LogP contribution in [0.4, 0.5) is 11.4 Å². The van der Waals surface area contributed by atoms with Crippen LogP contribution in [0.25, 0.3) is 21.5 Å². The van der Waals surface area contributed by atoms with Crippen LogP contribution in [0.2, 0.25) is 0 Å². The number of hydrogen-bond donors (Lipinski definition) is 3. The van der Waals surface area contributed by atoms with Crippen molar-refractivity contribution in [1.82, 2.24) is 0 Å². The van der Waals surface area contributed by atoms with Gasteiger partial charge in [-0.15, -0.1) is 0 Å². The molecule has 0 radical (unpaired) electrons. The van der Waals surface area contributed by atoms with Crippen molar-refractivity contribution < 1.29 is 23.8 Å². The van der Waals surface area contributed by atoms with E-state index in [1.165, 1.54) is 13.2 Å². The molecule has 8 nitrogen and oxygen atoms in total. The molecule has 0 spiro atoms. The number of carbonyl (C=O) groups excluding carboxylic acids is 2. The van der Waals surface area contributed by atoms with Gasteiger partial charge in [-0.1, -0.05) is 48.5 Å². The summed E-state index contributed by atoms with van der Waals surface area (Å²) in [4.78, 5) is 26.9. The van der Waals surface area contributed by atoms with Crippen molar-refractivity contribution in [3.63, 3.8) is 0 Å². The first-order valence-corrected chi connectivity index (χ1v) is 12.8. The number of fused-ring (bicyclic) bond motifs is 2. The zero-order valence-corrected chi connectivity index (χ0v) is 22.0. The largest absolute Gasteiger partial charge is 0.496 e. The molecule has 0 saturated heterocycles. The molecular formula is C32H29N3O5. The monoisotopic (exact) mass is 535 g/mol. The maximum atomic E-state index is 13.5. The molecule has 0 aliphatic rings. The molecule has 0 aliphatic heterocycles. The van der Waals surface area contributed by atoms with Crippen molar-refractivity contribution in [1.29, 1.82) is 0 Å². The highest BCUT2D eigenvalue weighted by Gasteiger charge is 2.21. The number of nitrogen functional groups attached to an aromatic ring is 1. The van der Waals surface area contributed by atoms with Crippen LogP contribution in [0.1, 0.15) is 27.1 Å². The molecule has 0 aliphatic carbocycles. The Labute approximate surface area is 231 Å². The fraction of sp³-hybridized carbons (Fsp3) is 0.125. The minimum Gasteiger partial charge on any atom is -0.496 e. The molecule has 8 heteroatoms. The highest BCUT2D eigenvalue weighted by molar-refractivity contribution is 6.10. The number of benzene rings is 5. The molecule has 0 unspecified atom stereocenters. The lowest BCUT2D eigenvalue weighted by atomic mass is 10.0. The lowest BCUT2D eigenvalue weighted by Crippen LogP contribution is -2.17. The Morgan fingerprint density at radius 3 is 1.98 bits per heavy atom. The van der Waals surface area contributed by atoms with Crippen molar-refractivity contribution in [3.8, 4) is 17.2 Å². The number of esters is 1. The van der Waals surface area contributed by atoms with E-state index >= 15 is 0 Å². The number of hydrogen-bond acceptors (Lipinski definition) is 7. The van der Waals surface area contributed by atoms with Crippen LogP contribution in [0.3, 0.4) is 0 Å². The van der Waals surface area contributed by atoms with Crippen LogP contribution < -0.4 is 31.0 Å². The van der Waals surface area contributed by atoms with Gasteiger partial charge < -0.3 is 31.0 Å². The molecule has 0 heterocycles. The minimum atomic E-state index is -0.653. The second-order valence-electron chi connectivity index (χ2n) is 9.19. The Morgan fingerprint density at radius 1 is 0.750 bits per heavy atom. The molecule has 0 aromatic heterocycles. The van der Waals surface area contributed by atoms with Gasteiger partial charge in [-0.3, -0.25) is 4.79 Å². The Bertz CT molecular complexity index is 1720.